The third kappa shape index (κ3) is 18.4. The molecule has 0 aliphatic carbocycles. The zero-order valence-corrected chi connectivity index (χ0v) is 29.9. The molecule has 258 valence electrons. The van der Waals surface area contributed by atoms with Crippen LogP contribution in [0.5, 0.6) is 17.2 Å². The highest BCUT2D eigenvalue weighted by molar-refractivity contribution is 6.32. The van der Waals surface area contributed by atoms with Gasteiger partial charge >= 0.3 is 5.97 Å². The summed E-state index contributed by atoms with van der Waals surface area (Å²) in [7, 11) is 0. The van der Waals surface area contributed by atoms with Gasteiger partial charge in [-0.1, -0.05) is 169 Å². The van der Waals surface area contributed by atoms with Crippen LogP contribution >= 0.6 is 11.6 Å². The molecule has 0 aliphatic heterocycles. The van der Waals surface area contributed by atoms with E-state index in [1.807, 2.05) is 79.0 Å². The fraction of sp³-hybridized carbons (Fsp3) is 0.372. The van der Waals surface area contributed by atoms with E-state index in [-0.39, 0.29) is 11.5 Å². The highest BCUT2D eigenvalue weighted by Crippen LogP contribution is 2.33. The average molecular weight is 671 g/mol. The number of phenolic OH excluding ortho intramolecular Hbond substituents is 2. The Hall–Kier alpha value is -4.02. The van der Waals surface area contributed by atoms with Crippen molar-refractivity contribution in [1.82, 2.24) is 0 Å². The maximum absolute atomic E-state index is 12.7. The van der Waals surface area contributed by atoms with Crippen molar-refractivity contribution in [2.45, 2.75) is 97.8 Å². The van der Waals surface area contributed by atoms with Gasteiger partial charge in [-0.2, -0.15) is 0 Å². The molecule has 0 radical (unpaired) electrons. The molecule has 0 saturated carbocycles. The number of hydrogen-bond acceptors (Lipinski definition) is 4. The average Bonchev–Trinajstić information content (AvgIpc) is 3.05. The lowest BCUT2D eigenvalue weighted by Gasteiger charge is -2.14. The predicted molar refractivity (Wildman–Crippen MR) is 205 cm³/mol. The number of aromatic hydroxyl groups is 2. The van der Waals surface area contributed by atoms with E-state index in [1.54, 1.807) is 30.4 Å². The first-order valence-electron chi connectivity index (χ1n) is 17.5. The summed E-state index contributed by atoms with van der Waals surface area (Å²) in [6, 6.07) is 8.85. The molecule has 0 aromatic heterocycles. The number of unbranched alkanes of at least 4 members (excludes halogenated alkanes) is 7. The van der Waals surface area contributed by atoms with Gasteiger partial charge in [-0.3, -0.25) is 0 Å². The third-order valence-corrected chi connectivity index (χ3v) is 8.00. The maximum atomic E-state index is 12.7. The SMILES string of the molecule is CCCCCCCCCCc1c(O)cc(CCCC(C)C)cc1OC(=O)C=CC=CC=CC=CC=CC=CC=Cc1ccc(O)c(Cl)c1. The van der Waals surface area contributed by atoms with Crippen molar-refractivity contribution in [3.63, 3.8) is 0 Å². The Morgan fingerprint density at radius 2 is 1.29 bits per heavy atom. The lowest BCUT2D eigenvalue weighted by Crippen LogP contribution is -2.07. The van der Waals surface area contributed by atoms with Gasteiger partial charge < -0.3 is 14.9 Å². The van der Waals surface area contributed by atoms with Crippen LogP contribution in [-0.2, 0) is 17.6 Å². The number of hydrogen-bond donors (Lipinski definition) is 2. The minimum Gasteiger partial charge on any atom is -0.508 e. The Bertz CT molecular complexity index is 1440. The Balaban J connectivity index is 1.85. The van der Waals surface area contributed by atoms with Gasteiger partial charge in [-0.25, -0.2) is 4.79 Å². The highest BCUT2D eigenvalue weighted by atomic mass is 35.5. The van der Waals surface area contributed by atoms with E-state index in [4.69, 9.17) is 16.3 Å². The van der Waals surface area contributed by atoms with Gasteiger partial charge in [0.2, 0.25) is 0 Å². The number of phenols is 2. The lowest BCUT2D eigenvalue weighted by molar-refractivity contribution is -0.129. The molecule has 0 fully saturated rings. The van der Waals surface area contributed by atoms with Crippen molar-refractivity contribution in [2.24, 2.45) is 5.92 Å². The summed E-state index contributed by atoms with van der Waals surface area (Å²) in [5, 5.41) is 20.7. The Labute approximate surface area is 294 Å². The number of carbonyl (C=O) groups is 1. The van der Waals surface area contributed by atoms with Crippen molar-refractivity contribution < 1.29 is 19.7 Å². The van der Waals surface area contributed by atoms with Crippen LogP contribution in [0, 0.1) is 5.92 Å². The molecule has 5 heteroatoms. The molecule has 0 heterocycles. The first-order valence-corrected chi connectivity index (χ1v) is 17.9. The largest absolute Gasteiger partial charge is 0.508 e. The Morgan fingerprint density at radius 3 is 1.90 bits per heavy atom. The molecular formula is C43H55ClO4. The second-order valence-electron chi connectivity index (χ2n) is 12.4. The predicted octanol–water partition coefficient (Wildman–Crippen LogP) is 12.4. The topological polar surface area (TPSA) is 66.8 Å². The summed E-state index contributed by atoms with van der Waals surface area (Å²) in [6.45, 7) is 6.66. The molecule has 2 aromatic carbocycles. The summed E-state index contributed by atoms with van der Waals surface area (Å²) in [6.07, 6.45) is 39.1. The maximum Gasteiger partial charge on any atom is 0.336 e. The van der Waals surface area contributed by atoms with E-state index in [0.717, 1.165) is 48.8 Å². The fourth-order valence-corrected chi connectivity index (χ4v) is 5.22. The molecule has 0 bridgehead atoms. The van der Waals surface area contributed by atoms with Gasteiger partial charge in [0, 0.05) is 11.6 Å². The van der Waals surface area contributed by atoms with Crippen LogP contribution in [0.3, 0.4) is 0 Å². The minimum atomic E-state index is -0.459. The lowest BCUT2D eigenvalue weighted by atomic mass is 9.98. The van der Waals surface area contributed by atoms with Crippen molar-refractivity contribution in [2.75, 3.05) is 0 Å². The first kappa shape index (κ1) is 40.2. The summed E-state index contributed by atoms with van der Waals surface area (Å²) in [5.74, 6) is 0.940. The monoisotopic (exact) mass is 670 g/mol. The Kier molecular flexibility index (Phi) is 21.0. The zero-order valence-electron chi connectivity index (χ0n) is 29.1. The number of carbonyl (C=O) groups excluding carboxylic acids is 1. The van der Waals surface area contributed by atoms with Gasteiger partial charge in [-0.05, 0) is 67.0 Å². The smallest absolute Gasteiger partial charge is 0.336 e. The van der Waals surface area contributed by atoms with Crippen LogP contribution in [0.2, 0.25) is 5.02 Å². The van der Waals surface area contributed by atoms with Crippen molar-refractivity contribution in [1.29, 1.82) is 0 Å². The fourth-order valence-electron chi connectivity index (χ4n) is 5.03. The molecule has 48 heavy (non-hydrogen) atoms. The molecule has 0 amide bonds. The van der Waals surface area contributed by atoms with Gasteiger partial charge in [0.05, 0.1) is 5.02 Å². The van der Waals surface area contributed by atoms with E-state index in [1.165, 1.54) is 44.6 Å². The Morgan fingerprint density at radius 1 is 0.708 bits per heavy atom. The van der Waals surface area contributed by atoms with Gasteiger partial charge in [0.25, 0.3) is 0 Å². The molecule has 2 rings (SSSR count). The van der Waals surface area contributed by atoms with Crippen LogP contribution in [0.15, 0.2) is 109 Å². The minimum absolute atomic E-state index is 0.0741. The summed E-state index contributed by atoms with van der Waals surface area (Å²) < 4.78 is 5.77. The molecule has 2 aromatic rings. The van der Waals surface area contributed by atoms with Gasteiger partial charge in [0.15, 0.2) is 0 Å². The second-order valence-corrected chi connectivity index (χ2v) is 12.8. The molecular weight excluding hydrogens is 616 g/mol. The number of ether oxygens (including phenoxy) is 1. The van der Waals surface area contributed by atoms with Crippen LogP contribution in [0.4, 0.5) is 0 Å². The van der Waals surface area contributed by atoms with E-state index < -0.39 is 5.97 Å². The highest BCUT2D eigenvalue weighted by Gasteiger charge is 2.14. The van der Waals surface area contributed by atoms with E-state index in [0.29, 0.717) is 23.1 Å². The molecule has 4 nitrogen and oxygen atoms in total. The quantitative estimate of drug-likeness (QED) is 0.0430. The normalized spacial score (nSPS) is 12.6. The molecule has 0 unspecified atom stereocenters. The van der Waals surface area contributed by atoms with Crippen molar-refractivity contribution in [3.05, 3.63) is 131 Å². The van der Waals surface area contributed by atoms with Crippen LogP contribution in [-0.4, -0.2) is 16.2 Å². The first-order chi connectivity index (χ1) is 23.3. The number of halogens is 1. The summed E-state index contributed by atoms with van der Waals surface area (Å²) in [4.78, 5) is 12.7. The molecule has 0 atom stereocenters. The van der Waals surface area contributed by atoms with Crippen LogP contribution in [0.1, 0.15) is 102 Å². The van der Waals surface area contributed by atoms with E-state index >= 15 is 0 Å². The third-order valence-electron chi connectivity index (χ3n) is 7.70. The number of benzene rings is 2. The van der Waals surface area contributed by atoms with Gasteiger partial charge in [-0.15, -0.1) is 0 Å². The van der Waals surface area contributed by atoms with Crippen LogP contribution < -0.4 is 4.74 Å². The summed E-state index contributed by atoms with van der Waals surface area (Å²) >= 11 is 5.92. The van der Waals surface area contributed by atoms with Gasteiger partial charge in [0.1, 0.15) is 17.2 Å². The zero-order chi connectivity index (χ0) is 34.8. The number of allylic oxidation sites excluding steroid dienone is 12. The number of rotatable bonds is 22. The molecule has 0 saturated heterocycles. The van der Waals surface area contributed by atoms with E-state index in [9.17, 15) is 15.0 Å². The number of esters is 1. The molecule has 2 N–H and O–H groups in total. The van der Waals surface area contributed by atoms with Crippen molar-refractivity contribution >= 4 is 23.6 Å². The van der Waals surface area contributed by atoms with E-state index in [2.05, 4.69) is 20.8 Å². The van der Waals surface area contributed by atoms with Crippen molar-refractivity contribution in [3.8, 4) is 17.2 Å². The summed E-state index contributed by atoms with van der Waals surface area (Å²) in [5.41, 5.74) is 2.63. The van der Waals surface area contributed by atoms with Crippen LogP contribution in [0.25, 0.3) is 6.08 Å². The molecule has 0 aliphatic rings. The molecule has 0 spiro atoms. The standard InChI is InChI=1S/C43H55ClO4/c1-4-5-6-7-8-16-19-22-28-38-41(46)33-37(27-24-25-35(2)3)34-42(38)48-43(47)29-23-20-17-14-12-10-9-11-13-15-18-21-26-36-30-31-40(45)39(44)32-36/h9-15,17-18,20-21,23,26,29-35,45-46H,4-8,16,19,22,24-25,27-28H2,1-3H3. The number of aryl methyl sites for hydroxylation is 1. The second kappa shape index (κ2) is 25.1.